The van der Waals surface area contributed by atoms with E-state index in [0.717, 1.165) is 42.5 Å². The van der Waals surface area contributed by atoms with Gasteiger partial charge >= 0.3 is 0 Å². The molecule has 2 aliphatic carbocycles. The van der Waals surface area contributed by atoms with Crippen molar-refractivity contribution in [2.45, 2.75) is 31.4 Å². The number of hydrogen-bond donors (Lipinski definition) is 2. The summed E-state index contributed by atoms with van der Waals surface area (Å²) in [5.74, 6) is 1.58. The average molecular weight is 378 g/mol. The van der Waals surface area contributed by atoms with Crippen LogP contribution in [0.15, 0.2) is 42.5 Å². The number of H-pyrrole nitrogens is 1. The lowest BCUT2D eigenvalue weighted by atomic mass is 10.1. The fraction of sp³-hybridized carbons (Fsp3) is 0.381. The van der Waals surface area contributed by atoms with Crippen molar-refractivity contribution in [1.82, 2.24) is 15.1 Å². The molecule has 2 atom stereocenters. The Balaban J connectivity index is 1.27. The number of carbonyl (C=O) groups excluding carboxylic acids is 2. The van der Waals surface area contributed by atoms with Gasteiger partial charge in [-0.3, -0.25) is 19.6 Å². The van der Waals surface area contributed by atoms with Gasteiger partial charge in [-0.2, -0.15) is 5.10 Å². The predicted molar refractivity (Wildman–Crippen MR) is 105 cm³/mol. The summed E-state index contributed by atoms with van der Waals surface area (Å²) in [5, 5.41) is 10.9. The second-order valence-electron chi connectivity index (χ2n) is 7.66. The van der Waals surface area contributed by atoms with Crippen molar-refractivity contribution in [1.29, 1.82) is 0 Å². The number of nitrogens with zero attached hydrogens (tertiary/aromatic N) is 2. The third kappa shape index (κ3) is 3.33. The SMILES string of the molecule is O=C(Nc1n[nH]c2ccc(OC3CCN(C4C=CC=CC4=O)C3)cc12)C1CC1. The van der Waals surface area contributed by atoms with Crippen molar-refractivity contribution in [2.75, 3.05) is 18.4 Å². The van der Waals surface area contributed by atoms with Crippen LogP contribution in [0.25, 0.3) is 10.9 Å². The lowest BCUT2D eigenvalue weighted by Gasteiger charge is -2.24. The van der Waals surface area contributed by atoms with Crippen LogP contribution < -0.4 is 10.1 Å². The van der Waals surface area contributed by atoms with E-state index in [2.05, 4.69) is 20.4 Å². The summed E-state index contributed by atoms with van der Waals surface area (Å²) in [6.07, 6.45) is 10.1. The van der Waals surface area contributed by atoms with Gasteiger partial charge in [0.1, 0.15) is 11.9 Å². The van der Waals surface area contributed by atoms with E-state index in [1.165, 1.54) is 0 Å². The first kappa shape index (κ1) is 17.2. The number of nitrogens with one attached hydrogen (secondary N) is 2. The maximum Gasteiger partial charge on any atom is 0.228 e. The molecule has 3 aliphatic rings. The van der Waals surface area contributed by atoms with Crippen LogP contribution >= 0.6 is 0 Å². The molecular formula is C21H22N4O3. The molecule has 1 aliphatic heterocycles. The number of allylic oxidation sites excluding steroid dienone is 2. The predicted octanol–water partition coefficient (Wildman–Crippen LogP) is 2.43. The van der Waals surface area contributed by atoms with Gasteiger partial charge in [0.05, 0.1) is 11.6 Å². The third-order valence-electron chi connectivity index (χ3n) is 5.55. The number of ketones is 1. The number of fused-ring (bicyclic) bond motifs is 1. The first-order valence-corrected chi connectivity index (χ1v) is 9.76. The van der Waals surface area contributed by atoms with Crippen LogP contribution in [0.3, 0.4) is 0 Å². The number of ether oxygens (including phenoxy) is 1. The number of carbonyl (C=O) groups is 2. The first-order chi connectivity index (χ1) is 13.7. The number of rotatable bonds is 5. The Bertz CT molecular complexity index is 989. The molecule has 5 rings (SSSR count). The fourth-order valence-electron chi connectivity index (χ4n) is 3.84. The summed E-state index contributed by atoms with van der Waals surface area (Å²) < 4.78 is 6.18. The van der Waals surface area contributed by atoms with Gasteiger partial charge in [-0.25, -0.2) is 0 Å². The quantitative estimate of drug-likeness (QED) is 0.834. The summed E-state index contributed by atoms with van der Waals surface area (Å²) >= 11 is 0. The summed E-state index contributed by atoms with van der Waals surface area (Å²) in [5.41, 5.74) is 0.858. The topological polar surface area (TPSA) is 87.3 Å². The monoisotopic (exact) mass is 378 g/mol. The minimum Gasteiger partial charge on any atom is -0.489 e. The van der Waals surface area contributed by atoms with Gasteiger partial charge in [-0.1, -0.05) is 18.2 Å². The normalized spacial score (nSPS) is 24.8. The number of hydrogen-bond acceptors (Lipinski definition) is 5. The van der Waals surface area contributed by atoms with Gasteiger partial charge < -0.3 is 10.1 Å². The Hall–Kier alpha value is -2.93. The third-order valence-corrected chi connectivity index (χ3v) is 5.55. The molecule has 7 nitrogen and oxygen atoms in total. The molecule has 2 fully saturated rings. The van der Waals surface area contributed by atoms with Crippen molar-refractivity contribution in [2.24, 2.45) is 5.92 Å². The van der Waals surface area contributed by atoms with E-state index < -0.39 is 0 Å². The van der Waals surface area contributed by atoms with E-state index in [9.17, 15) is 9.59 Å². The molecule has 2 unspecified atom stereocenters. The summed E-state index contributed by atoms with van der Waals surface area (Å²) in [4.78, 5) is 26.3. The Morgan fingerprint density at radius 3 is 2.96 bits per heavy atom. The van der Waals surface area contributed by atoms with Crippen LogP contribution in [0.1, 0.15) is 19.3 Å². The van der Waals surface area contributed by atoms with Gasteiger partial charge in [0, 0.05) is 24.4 Å². The minimum absolute atomic E-state index is 0.0287. The molecule has 1 amide bonds. The smallest absolute Gasteiger partial charge is 0.228 e. The number of likely N-dealkylation sites (tertiary alicyclic amines) is 1. The molecular weight excluding hydrogens is 356 g/mol. The highest BCUT2D eigenvalue weighted by Crippen LogP contribution is 2.32. The number of aromatic nitrogens is 2. The Kier molecular flexibility index (Phi) is 4.24. The molecule has 0 spiro atoms. The molecule has 144 valence electrons. The zero-order valence-corrected chi connectivity index (χ0v) is 15.4. The Morgan fingerprint density at radius 1 is 1.25 bits per heavy atom. The maximum atomic E-state index is 12.1. The van der Waals surface area contributed by atoms with Crippen LogP contribution in [-0.2, 0) is 9.59 Å². The summed E-state index contributed by atoms with van der Waals surface area (Å²) in [6.45, 7) is 1.54. The van der Waals surface area contributed by atoms with Crippen molar-refractivity contribution in [3.63, 3.8) is 0 Å². The van der Waals surface area contributed by atoms with Gasteiger partial charge in [0.15, 0.2) is 11.6 Å². The van der Waals surface area contributed by atoms with Gasteiger partial charge in [-0.15, -0.1) is 0 Å². The summed E-state index contributed by atoms with van der Waals surface area (Å²) in [7, 11) is 0. The van der Waals surface area contributed by atoms with Crippen LogP contribution in [0.4, 0.5) is 5.82 Å². The van der Waals surface area contributed by atoms with E-state index in [1.807, 2.05) is 30.4 Å². The van der Waals surface area contributed by atoms with Crippen LogP contribution in [0.5, 0.6) is 5.75 Å². The van der Waals surface area contributed by atoms with E-state index in [0.29, 0.717) is 12.4 Å². The number of aromatic amines is 1. The number of benzene rings is 1. The molecule has 1 aromatic carbocycles. The fourth-order valence-corrected chi connectivity index (χ4v) is 3.84. The van der Waals surface area contributed by atoms with Crippen LogP contribution in [0, 0.1) is 5.92 Å². The summed E-state index contributed by atoms with van der Waals surface area (Å²) in [6, 6.07) is 5.55. The molecule has 1 saturated heterocycles. The lowest BCUT2D eigenvalue weighted by molar-refractivity contribution is -0.118. The van der Waals surface area contributed by atoms with Gasteiger partial charge in [-0.05, 0) is 43.5 Å². The van der Waals surface area contributed by atoms with E-state index in [4.69, 9.17) is 4.74 Å². The molecule has 7 heteroatoms. The van der Waals surface area contributed by atoms with Crippen molar-refractivity contribution in [3.8, 4) is 5.75 Å². The maximum absolute atomic E-state index is 12.1. The number of anilines is 1. The van der Waals surface area contributed by atoms with Crippen LogP contribution in [0.2, 0.25) is 0 Å². The molecule has 0 bridgehead atoms. The second kappa shape index (κ2) is 6.91. The van der Waals surface area contributed by atoms with Gasteiger partial charge in [0.25, 0.3) is 0 Å². The highest BCUT2D eigenvalue weighted by Gasteiger charge is 2.32. The van der Waals surface area contributed by atoms with Crippen molar-refractivity contribution >= 4 is 28.4 Å². The highest BCUT2D eigenvalue weighted by molar-refractivity contribution is 6.01. The average Bonchev–Trinajstić information content (AvgIpc) is 3.34. The van der Waals surface area contributed by atoms with E-state index >= 15 is 0 Å². The zero-order valence-electron chi connectivity index (χ0n) is 15.4. The molecule has 2 N–H and O–H groups in total. The molecule has 1 aromatic heterocycles. The number of amides is 1. The molecule has 2 heterocycles. The van der Waals surface area contributed by atoms with Crippen molar-refractivity contribution in [3.05, 3.63) is 42.5 Å². The second-order valence-corrected chi connectivity index (χ2v) is 7.66. The van der Waals surface area contributed by atoms with Crippen LogP contribution in [-0.4, -0.2) is 52.0 Å². The molecule has 28 heavy (non-hydrogen) atoms. The Labute approximate surface area is 162 Å². The molecule has 1 saturated carbocycles. The minimum atomic E-state index is -0.181. The highest BCUT2D eigenvalue weighted by atomic mass is 16.5. The molecule has 0 radical (unpaired) electrons. The first-order valence-electron chi connectivity index (χ1n) is 9.76. The Morgan fingerprint density at radius 2 is 2.14 bits per heavy atom. The van der Waals surface area contributed by atoms with E-state index in [1.54, 1.807) is 12.2 Å². The van der Waals surface area contributed by atoms with Gasteiger partial charge in [0.2, 0.25) is 5.91 Å². The largest absolute Gasteiger partial charge is 0.489 e. The lowest BCUT2D eigenvalue weighted by Crippen LogP contribution is -2.39. The van der Waals surface area contributed by atoms with Crippen molar-refractivity contribution < 1.29 is 14.3 Å². The standard InChI is InChI=1S/C21H22N4O3/c26-19-4-2-1-3-18(19)25-10-9-15(12-25)28-14-7-8-17-16(11-14)20(24-23-17)22-21(27)13-5-6-13/h1-4,7-8,11,13,15,18H,5-6,9-10,12H2,(H2,22,23,24,27). The van der Waals surface area contributed by atoms with E-state index in [-0.39, 0.29) is 29.8 Å². The zero-order chi connectivity index (χ0) is 19.1. The molecule has 2 aromatic rings.